The van der Waals surface area contributed by atoms with Gasteiger partial charge in [-0.15, -0.1) is 11.6 Å². The van der Waals surface area contributed by atoms with Crippen molar-refractivity contribution in [2.45, 2.75) is 12.3 Å². The fourth-order valence-electron chi connectivity index (χ4n) is 1.82. The van der Waals surface area contributed by atoms with Crippen LogP contribution in [-0.4, -0.2) is 7.11 Å². The zero-order chi connectivity index (χ0) is 13.1. The highest BCUT2D eigenvalue weighted by Crippen LogP contribution is 2.33. The van der Waals surface area contributed by atoms with E-state index in [1.54, 1.807) is 7.11 Å². The number of methoxy groups -OCH3 is 1. The maximum Gasteiger partial charge on any atom is 0.118 e. The zero-order valence-corrected chi connectivity index (χ0v) is 13.2. The van der Waals surface area contributed by atoms with Gasteiger partial charge in [0.2, 0.25) is 0 Å². The van der Waals surface area contributed by atoms with Gasteiger partial charge in [-0.3, -0.25) is 0 Å². The number of alkyl halides is 1. The lowest BCUT2D eigenvalue weighted by molar-refractivity contribution is 0.414. The highest BCUT2D eigenvalue weighted by Gasteiger charge is 2.14. The molecule has 2 aromatic rings. The minimum absolute atomic E-state index is 0.122. The van der Waals surface area contributed by atoms with Gasteiger partial charge in [0.25, 0.3) is 0 Å². The minimum atomic E-state index is -0.122. The average molecular weight is 373 g/mol. The molecule has 0 aromatic heterocycles. The van der Waals surface area contributed by atoms with E-state index < -0.39 is 0 Å². The highest BCUT2D eigenvalue weighted by molar-refractivity contribution is 14.1. The van der Waals surface area contributed by atoms with Crippen LogP contribution in [0, 0.1) is 10.5 Å². The van der Waals surface area contributed by atoms with E-state index in [9.17, 15) is 0 Å². The largest absolute Gasteiger partial charge is 0.497 e. The second-order valence-corrected chi connectivity index (χ2v) is 5.63. The molecule has 0 N–H and O–H groups in total. The molecule has 0 aliphatic carbocycles. The summed E-state index contributed by atoms with van der Waals surface area (Å²) in [5.74, 6) is 0.849. The molecule has 0 spiro atoms. The van der Waals surface area contributed by atoms with Crippen molar-refractivity contribution in [2.24, 2.45) is 0 Å². The van der Waals surface area contributed by atoms with Crippen LogP contribution >= 0.6 is 34.2 Å². The van der Waals surface area contributed by atoms with Crippen LogP contribution in [0.25, 0.3) is 0 Å². The molecule has 1 nitrogen and oxygen atoms in total. The monoisotopic (exact) mass is 372 g/mol. The van der Waals surface area contributed by atoms with E-state index in [1.807, 2.05) is 30.3 Å². The predicted molar refractivity (Wildman–Crippen MR) is 84.6 cm³/mol. The SMILES string of the molecule is COc1ccc(C(Cl)c2cccc(C)c2I)cc1. The van der Waals surface area contributed by atoms with E-state index in [1.165, 1.54) is 9.13 Å². The van der Waals surface area contributed by atoms with E-state index in [-0.39, 0.29) is 5.38 Å². The molecule has 94 valence electrons. The van der Waals surface area contributed by atoms with Gasteiger partial charge in [-0.2, -0.15) is 0 Å². The number of rotatable bonds is 3. The third kappa shape index (κ3) is 2.81. The summed E-state index contributed by atoms with van der Waals surface area (Å²) in [6.45, 7) is 2.10. The molecule has 0 saturated heterocycles. The van der Waals surface area contributed by atoms with Crippen LogP contribution in [0.5, 0.6) is 5.75 Å². The fraction of sp³-hybridized carbons (Fsp3) is 0.200. The van der Waals surface area contributed by atoms with E-state index in [0.29, 0.717) is 0 Å². The van der Waals surface area contributed by atoms with E-state index in [2.05, 4.69) is 41.6 Å². The number of ether oxygens (including phenoxy) is 1. The molecule has 1 unspecified atom stereocenters. The minimum Gasteiger partial charge on any atom is -0.497 e. The summed E-state index contributed by atoms with van der Waals surface area (Å²) >= 11 is 8.91. The van der Waals surface area contributed by atoms with Crippen molar-refractivity contribution in [3.05, 3.63) is 62.7 Å². The Kier molecular flexibility index (Phi) is 4.51. The standard InChI is InChI=1S/C15H14ClIO/c1-10-4-3-5-13(15(10)17)14(16)11-6-8-12(18-2)9-7-11/h3-9,14H,1-2H3. The van der Waals surface area contributed by atoms with Gasteiger partial charge < -0.3 is 4.74 Å². The van der Waals surface area contributed by atoms with Gasteiger partial charge in [-0.25, -0.2) is 0 Å². The molecule has 0 bridgehead atoms. The smallest absolute Gasteiger partial charge is 0.118 e. The summed E-state index contributed by atoms with van der Waals surface area (Å²) in [7, 11) is 1.66. The van der Waals surface area contributed by atoms with Crippen molar-refractivity contribution < 1.29 is 4.74 Å². The maximum absolute atomic E-state index is 6.56. The Balaban J connectivity index is 2.35. The average Bonchev–Trinajstić information content (AvgIpc) is 2.41. The molecule has 0 saturated carbocycles. The molecule has 2 rings (SSSR count). The van der Waals surface area contributed by atoms with Gasteiger partial charge in [0.05, 0.1) is 12.5 Å². The van der Waals surface area contributed by atoms with Crippen molar-refractivity contribution in [1.82, 2.24) is 0 Å². The number of hydrogen-bond acceptors (Lipinski definition) is 1. The van der Waals surface area contributed by atoms with Crippen molar-refractivity contribution >= 4 is 34.2 Å². The molecule has 3 heteroatoms. The molecule has 1 atom stereocenters. The van der Waals surface area contributed by atoms with Gasteiger partial charge >= 0.3 is 0 Å². The van der Waals surface area contributed by atoms with Crippen molar-refractivity contribution in [3.63, 3.8) is 0 Å². The summed E-state index contributed by atoms with van der Waals surface area (Å²) in [5, 5.41) is -0.122. The molecule has 0 heterocycles. The van der Waals surface area contributed by atoms with Crippen molar-refractivity contribution in [3.8, 4) is 5.75 Å². The summed E-state index contributed by atoms with van der Waals surface area (Å²) in [6, 6.07) is 14.1. The molecular formula is C15H14ClIO. The van der Waals surface area contributed by atoms with Crippen LogP contribution < -0.4 is 4.74 Å². The first kappa shape index (κ1) is 13.7. The van der Waals surface area contributed by atoms with E-state index in [0.717, 1.165) is 16.9 Å². The molecule has 2 aromatic carbocycles. The zero-order valence-electron chi connectivity index (χ0n) is 10.3. The van der Waals surface area contributed by atoms with Crippen LogP contribution in [0.1, 0.15) is 22.1 Å². The molecule has 0 aliphatic rings. The van der Waals surface area contributed by atoms with Crippen LogP contribution in [0.2, 0.25) is 0 Å². The molecular weight excluding hydrogens is 359 g/mol. The quantitative estimate of drug-likeness (QED) is 0.548. The van der Waals surface area contributed by atoms with Crippen LogP contribution in [0.3, 0.4) is 0 Å². The van der Waals surface area contributed by atoms with Gasteiger partial charge in [0.15, 0.2) is 0 Å². The normalized spacial score (nSPS) is 12.2. The number of hydrogen-bond donors (Lipinski definition) is 0. The lowest BCUT2D eigenvalue weighted by Gasteiger charge is -2.14. The third-order valence-corrected chi connectivity index (χ3v) is 4.86. The number of aryl methyl sites for hydroxylation is 1. The topological polar surface area (TPSA) is 9.23 Å². The third-order valence-electron chi connectivity index (χ3n) is 2.90. The molecule has 0 aliphatic heterocycles. The van der Waals surface area contributed by atoms with Crippen LogP contribution in [0.15, 0.2) is 42.5 Å². The highest BCUT2D eigenvalue weighted by atomic mass is 127. The summed E-state index contributed by atoms with van der Waals surface area (Å²) in [5.41, 5.74) is 3.50. The van der Waals surface area contributed by atoms with Gasteiger partial charge in [0, 0.05) is 3.57 Å². The fourth-order valence-corrected chi connectivity index (χ4v) is 3.00. The van der Waals surface area contributed by atoms with E-state index in [4.69, 9.17) is 16.3 Å². The van der Waals surface area contributed by atoms with Gasteiger partial charge in [-0.05, 0) is 58.3 Å². The summed E-state index contributed by atoms with van der Waals surface area (Å²) in [6.07, 6.45) is 0. The number of benzene rings is 2. The molecule has 0 radical (unpaired) electrons. The second kappa shape index (κ2) is 5.93. The second-order valence-electron chi connectivity index (χ2n) is 4.11. The Bertz CT molecular complexity index is 537. The first-order valence-electron chi connectivity index (χ1n) is 5.66. The Morgan fingerprint density at radius 2 is 1.78 bits per heavy atom. The predicted octanol–water partition coefficient (Wildman–Crippen LogP) is 4.94. The Morgan fingerprint density at radius 3 is 2.39 bits per heavy atom. The summed E-state index contributed by atoms with van der Waals surface area (Å²) < 4.78 is 6.38. The lowest BCUT2D eigenvalue weighted by atomic mass is 10.0. The molecule has 0 fully saturated rings. The first-order valence-corrected chi connectivity index (χ1v) is 7.18. The Morgan fingerprint density at radius 1 is 1.11 bits per heavy atom. The molecule has 0 amide bonds. The van der Waals surface area contributed by atoms with Crippen molar-refractivity contribution in [1.29, 1.82) is 0 Å². The summed E-state index contributed by atoms with van der Waals surface area (Å²) in [4.78, 5) is 0. The molecule has 18 heavy (non-hydrogen) atoms. The van der Waals surface area contributed by atoms with E-state index >= 15 is 0 Å². The maximum atomic E-state index is 6.56. The van der Waals surface area contributed by atoms with Gasteiger partial charge in [-0.1, -0.05) is 30.3 Å². The van der Waals surface area contributed by atoms with Crippen LogP contribution in [0.4, 0.5) is 0 Å². The number of halogens is 2. The van der Waals surface area contributed by atoms with Crippen molar-refractivity contribution in [2.75, 3.05) is 7.11 Å². The Hall–Kier alpha value is -0.740. The Labute approximate surface area is 126 Å². The lowest BCUT2D eigenvalue weighted by Crippen LogP contribution is -1.98. The first-order chi connectivity index (χ1) is 8.63. The van der Waals surface area contributed by atoms with Gasteiger partial charge in [0.1, 0.15) is 5.75 Å². The van der Waals surface area contributed by atoms with Crippen LogP contribution in [-0.2, 0) is 0 Å².